The molecule has 0 saturated carbocycles. The van der Waals surface area contributed by atoms with Crippen LogP contribution >= 0.6 is 0 Å². The summed E-state index contributed by atoms with van der Waals surface area (Å²) in [6.45, 7) is 10.2. The van der Waals surface area contributed by atoms with Crippen LogP contribution in [0.25, 0.3) is 0 Å². The van der Waals surface area contributed by atoms with Gasteiger partial charge in [-0.05, 0) is 57.0 Å². The van der Waals surface area contributed by atoms with E-state index in [4.69, 9.17) is 9.97 Å². The number of fused-ring (bicyclic) bond motifs is 1. The van der Waals surface area contributed by atoms with Crippen LogP contribution in [0.5, 0.6) is 0 Å². The van der Waals surface area contributed by atoms with Crippen LogP contribution in [0.2, 0.25) is 0 Å². The molecule has 4 rings (SSSR count). The van der Waals surface area contributed by atoms with Crippen molar-refractivity contribution in [2.24, 2.45) is 0 Å². The molecule has 2 aromatic rings. The van der Waals surface area contributed by atoms with Gasteiger partial charge in [-0.3, -0.25) is 4.79 Å². The predicted octanol–water partition coefficient (Wildman–Crippen LogP) is 3.42. The van der Waals surface area contributed by atoms with Crippen LogP contribution in [-0.2, 0) is 24.3 Å². The number of benzene rings is 1. The van der Waals surface area contributed by atoms with E-state index in [1.54, 1.807) is 6.92 Å². The number of nitrogens with one attached hydrogen (secondary N) is 1. The van der Waals surface area contributed by atoms with E-state index in [0.29, 0.717) is 12.5 Å². The van der Waals surface area contributed by atoms with Gasteiger partial charge in [0.1, 0.15) is 11.6 Å². The lowest BCUT2D eigenvalue weighted by atomic mass is 9.96. The van der Waals surface area contributed by atoms with Gasteiger partial charge in [0.25, 0.3) is 0 Å². The molecule has 0 unspecified atom stereocenters. The first-order chi connectivity index (χ1) is 14.4. The minimum atomic E-state index is 0.110. The zero-order valence-electron chi connectivity index (χ0n) is 18.7. The number of aryl methyl sites for hydroxylation is 1. The van der Waals surface area contributed by atoms with Crippen molar-refractivity contribution < 1.29 is 4.79 Å². The zero-order valence-corrected chi connectivity index (χ0v) is 18.7. The summed E-state index contributed by atoms with van der Waals surface area (Å²) < 4.78 is 0. The van der Waals surface area contributed by atoms with Gasteiger partial charge in [-0.15, -0.1) is 0 Å². The standard InChI is InChI=1S/C24H33N5O/c1-16-7-5-8-19(17(16)2)13-25-24-21-15-29(18(3)30)12-10-22(21)26-23(27-24)20-9-6-11-28(4)14-20/h5,7-8,20H,6,9-15H2,1-4H3,(H,25,26,27)/t20-/m0/s1. The van der Waals surface area contributed by atoms with Crippen molar-refractivity contribution in [2.45, 2.75) is 59.0 Å². The fourth-order valence-electron chi connectivity index (χ4n) is 4.59. The summed E-state index contributed by atoms with van der Waals surface area (Å²) in [5.74, 6) is 2.34. The molecule has 1 fully saturated rings. The number of aromatic nitrogens is 2. The molecule has 6 nitrogen and oxygen atoms in total. The molecule has 30 heavy (non-hydrogen) atoms. The monoisotopic (exact) mass is 407 g/mol. The highest BCUT2D eigenvalue weighted by molar-refractivity contribution is 5.74. The molecule has 0 radical (unpaired) electrons. The summed E-state index contributed by atoms with van der Waals surface area (Å²) in [5, 5.41) is 3.60. The fourth-order valence-corrected chi connectivity index (χ4v) is 4.59. The summed E-state index contributed by atoms with van der Waals surface area (Å²) in [6, 6.07) is 6.42. The van der Waals surface area contributed by atoms with E-state index in [-0.39, 0.29) is 5.91 Å². The second-order valence-electron chi connectivity index (χ2n) is 8.86. The Morgan fingerprint density at radius 1 is 1.23 bits per heavy atom. The van der Waals surface area contributed by atoms with E-state index in [1.165, 1.54) is 23.1 Å². The molecule has 2 aliphatic heterocycles. The number of carbonyl (C=O) groups excluding carboxylic acids is 1. The Hall–Kier alpha value is -2.47. The minimum absolute atomic E-state index is 0.110. The molecule has 1 aromatic carbocycles. The third-order valence-corrected chi connectivity index (χ3v) is 6.68. The first-order valence-corrected chi connectivity index (χ1v) is 11.0. The molecule has 1 N–H and O–H groups in total. The van der Waals surface area contributed by atoms with Gasteiger partial charge in [-0.1, -0.05) is 18.2 Å². The molecular formula is C24H33N5O. The van der Waals surface area contributed by atoms with E-state index >= 15 is 0 Å². The molecular weight excluding hydrogens is 374 g/mol. The Morgan fingerprint density at radius 3 is 2.83 bits per heavy atom. The van der Waals surface area contributed by atoms with Crippen molar-refractivity contribution in [3.05, 3.63) is 52.0 Å². The summed E-state index contributed by atoms with van der Waals surface area (Å²) in [7, 11) is 2.18. The average Bonchev–Trinajstić information content (AvgIpc) is 2.74. The highest BCUT2D eigenvalue weighted by Gasteiger charge is 2.27. The van der Waals surface area contributed by atoms with E-state index in [9.17, 15) is 4.79 Å². The van der Waals surface area contributed by atoms with Crippen LogP contribution in [0.15, 0.2) is 18.2 Å². The topological polar surface area (TPSA) is 61.4 Å². The number of hydrogen-bond acceptors (Lipinski definition) is 5. The Balaban J connectivity index is 1.66. The normalized spacial score (nSPS) is 19.5. The van der Waals surface area contributed by atoms with Crippen molar-refractivity contribution >= 4 is 11.7 Å². The molecule has 1 amide bonds. The third-order valence-electron chi connectivity index (χ3n) is 6.68. The van der Waals surface area contributed by atoms with Gasteiger partial charge in [0.05, 0.1) is 12.2 Å². The lowest BCUT2D eigenvalue weighted by Gasteiger charge is -2.32. The number of likely N-dealkylation sites (tertiary alicyclic amines) is 1. The quantitative estimate of drug-likeness (QED) is 0.842. The summed E-state index contributed by atoms with van der Waals surface area (Å²) in [4.78, 5) is 26.3. The Morgan fingerprint density at radius 2 is 2.07 bits per heavy atom. The number of likely N-dealkylation sites (N-methyl/N-ethyl adjacent to an activating group) is 1. The van der Waals surface area contributed by atoms with Gasteiger partial charge < -0.3 is 15.1 Å². The maximum Gasteiger partial charge on any atom is 0.219 e. The Kier molecular flexibility index (Phi) is 6.04. The fraction of sp³-hybridized carbons (Fsp3) is 0.542. The van der Waals surface area contributed by atoms with Crippen LogP contribution in [0.1, 0.15) is 59.5 Å². The molecule has 1 aromatic heterocycles. The molecule has 1 atom stereocenters. The van der Waals surface area contributed by atoms with E-state index < -0.39 is 0 Å². The van der Waals surface area contributed by atoms with E-state index in [0.717, 1.165) is 61.9 Å². The van der Waals surface area contributed by atoms with Gasteiger partial charge in [-0.25, -0.2) is 9.97 Å². The Bertz CT molecular complexity index is 941. The summed E-state index contributed by atoms with van der Waals surface area (Å²) >= 11 is 0. The van der Waals surface area contributed by atoms with Gasteiger partial charge >= 0.3 is 0 Å². The van der Waals surface area contributed by atoms with Gasteiger partial charge in [0, 0.05) is 44.5 Å². The number of rotatable bonds is 4. The second kappa shape index (κ2) is 8.72. The Labute approximate surface area is 179 Å². The summed E-state index contributed by atoms with van der Waals surface area (Å²) in [6.07, 6.45) is 3.12. The predicted molar refractivity (Wildman–Crippen MR) is 120 cm³/mol. The molecule has 0 spiro atoms. The molecule has 2 aliphatic rings. The van der Waals surface area contributed by atoms with Gasteiger partial charge in [0.2, 0.25) is 5.91 Å². The first-order valence-electron chi connectivity index (χ1n) is 11.0. The maximum atomic E-state index is 12.0. The second-order valence-corrected chi connectivity index (χ2v) is 8.86. The van der Waals surface area contributed by atoms with Crippen LogP contribution in [0, 0.1) is 13.8 Å². The number of piperidine rings is 1. The summed E-state index contributed by atoms with van der Waals surface area (Å²) in [5.41, 5.74) is 6.07. The number of nitrogens with zero attached hydrogens (tertiary/aromatic N) is 4. The lowest BCUT2D eigenvalue weighted by molar-refractivity contribution is -0.129. The highest BCUT2D eigenvalue weighted by Crippen LogP contribution is 2.30. The van der Waals surface area contributed by atoms with Crippen molar-refractivity contribution in [1.29, 1.82) is 0 Å². The largest absolute Gasteiger partial charge is 0.366 e. The smallest absolute Gasteiger partial charge is 0.219 e. The van der Waals surface area contributed by atoms with Crippen LogP contribution in [0.4, 0.5) is 5.82 Å². The third kappa shape index (κ3) is 4.33. The molecule has 160 valence electrons. The lowest BCUT2D eigenvalue weighted by Crippen LogP contribution is -2.36. The van der Waals surface area contributed by atoms with E-state index in [2.05, 4.69) is 49.3 Å². The van der Waals surface area contributed by atoms with Gasteiger partial charge in [0.15, 0.2) is 0 Å². The molecule has 0 aliphatic carbocycles. The van der Waals surface area contributed by atoms with Crippen molar-refractivity contribution in [3.8, 4) is 0 Å². The molecule has 3 heterocycles. The number of amides is 1. The number of anilines is 1. The van der Waals surface area contributed by atoms with Crippen LogP contribution in [0.3, 0.4) is 0 Å². The van der Waals surface area contributed by atoms with Crippen molar-refractivity contribution in [1.82, 2.24) is 19.8 Å². The molecule has 6 heteroatoms. The number of carbonyl (C=O) groups is 1. The van der Waals surface area contributed by atoms with Crippen molar-refractivity contribution in [3.63, 3.8) is 0 Å². The zero-order chi connectivity index (χ0) is 21.3. The highest BCUT2D eigenvalue weighted by atomic mass is 16.2. The van der Waals surface area contributed by atoms with Crippen LogP contribution in [-0.4, -0.2) is 52.4 Å². The number of hydrogen-bond donors (Lipinski definition) is 1. The first kappa shape index (κ1) is 20.8. The average molecular weight is 408 g/mol. The van der Waals surface area contributed by atoms with Crippen molar-refractivity contribution in [2.75, 3.05) is 32.0 Å². The SMILES string of the molecule is CC(=O)N1CCc2nc([C@H]3CCCN(C)C3)nc(NCc3cccc(C)c3C)c2C1. The van der Waals surface area contributed by atoms with Crippen LogP contribution < -0.4 is 5.32 Å². The minimum Gasteiger partial charge on any atom is -0.366 e. The van der Waals surface area contributed by atoms with E-state index in [1.807, 2.05) is 4.90 Å². The maximum absolute atomic E-state index is 12.0. The van der Waals surface area contributed by atoms with Gasteiger partial charge in [-0.2, -0.15) is 0 Å². The molecule has 1 saturated heterocycles. The molecule has 0 bridgehead atoms.